The van der Waals surface area contributed by atoms with Gasteiger partial charge in [-0.3, -0.25) is 9.69 Å². The number of amides is 1. The quantitative estimate of drug-likeness (QED) is 0.613. The fraction of sp³-hybridized carbons (Fsp3) is 0.889. The van der Waals surface area contributed by atoms with Gasteiger partial charge in [0.15, 0.2) is 0 Å². The summed E-state index contributed by atoms with van der Waals surface area (Å²) in [4.78, 5) is 15.6. The van der Waals surface area contributed by atoms with Crippen molar-refractivity contribution in [1.82, 2.24) is 9.80 Å². The zero-order valence-corrected chi connectivity index (χ0v) is 8.07. The summed E-state index contributed by atoms with van der Waals surface area (Å²) in [5, 5.41) is 0. The first kappa shape index (κ1) is 8.97. The number of nitrogens with two attached hydrogens (primary N) is 1. The van der Waals surface area contributed by atoms with Crippen LogP contribution in [-0.4, -0.2) is 54.5 Å². The van der Waals surface area contributed by atoms with Crippen LogP contribution in [0.1, 0.15) is 12.8 Å². The molecule has 1 aliphatic heterocycles. The standard InChI is InChI=1S/C9H17N3O/c1-11-8(4-10)5-12(6-9(11)13)7-2-3-7/h7-8H,2-6,10H2,1H3. The number of hydrogen-bond donors (Lipinski definition) is 1. The molecule has 2 fully saturated rings. The average Bonchev–Trinajstić information content (AvgIpc) is 2.92. The first-order valence-corrected chi connectivity index (χ1v) is 4.92. The summed E-state index contributed by atoms with van der Waals surface area (Å²) in [5.74, 6) is 0.216. The van der Waals surface area contributed by atoms with Gasteiger partial charge >= 0.3 is 0 Å². The molecule has 2 N–H and O–H groups in total. The maximum Gasteiger partial charge on any atom is 0.236 e. The van der Waals surface area contributed by atoms with Gasteiger partial charge in [0.2, 0.25) is 5.91 Å². The van der Waals surface area contributed by atoms with Gasteiger partial charge in [0.25, 0.3) is 0 Å². The maximum atomic E-state index is 11.5. The smallest absolute Gasteiger partial charge is 0.236 e. The molecular formula is C9H17N3O. The van der Waals surface area contributed by atoms with Crippen molar-refractivity contribution < 1.29 is 4.79 Å². The van der Waals surface area contributed by atoms with E-state index in [1.165, 1.54) is 12.8 Å². The molecule has 0 radical (unpaired) electrons. The Labute approximate surface area is 78.7 Å². The fourth-order valence-electron chi connectivity index (χ4n) is 1.90. The van der Waals surface area contributed by atoms with E-state index in [0.29, 0.717) is 19.1 Å². The molecule has 0 aromatic heterocycles. The Hall–Kier alpha value is -0.610. The van der Waals surface area contributed by atoms with Crippen molar-refractivity contribution in [2.24, 2.45) is 5.73 Å². The Morgan fingerprint density at radius 3 is 2.77 bits per heavy atom. The lowest BCUT2D eigenvalue weighted by Crippen LogP contribution is -2.57. The van der Waals surface area contributed by atoms with Crippen molar-refractivity contribution in [2.75, 3.05) is 26.7 Å². The largest absolute Gasteiger partial charge is 0.339 e. The molecule has 1 aliphatic carbocycles. The summed E-state index contributed by atoms with van der Waals surface area (Å²) in [5.41, 5.74) is 5.62. The van der Waals surface area contributed by atoms with Crippen LogP contribution in [0, 0.1) is 0 Å². The minimum Gasteiger partial charge on any atom is -0.339 e. The number of rotatable bonds is 2. The van der Waals surface area contributed by atoms with Crippen molar-refractivity contribution in [3.05, 3.63) is 0 Å². The third-order valence-corrected chi connectivity index (χ3v) is 3.06. The van der Waals surface area contributed by atoms with E-state index in [-0.39, 0.29) is 11.9 Å². The van der Waals surface area contributed by atoms with Crippen LogP contribution in [0.5, 0.6) is 0 Å². The second-order valence-corrected chi connectivity index (χ2v) is 4.05. The third kappa shape index (κ3) is 1.69. The lowest BCUT2D eigenvalue weighted by atomic mass is 10.1. The molecular weight excluding hydrogens is 166 g/mol. The summed E-state index contributed by atoms with van der Waals surface area (Å²) >= 11 is 0. The molecule has 2 aliphatic rings. The topological polar surface area (TPSA) is 49.6 Å². The van der Waals surface area contributed by atoms with Crippen molar-refractivity contribution in [1.29, 1.82) is 0 Å². The molecule has 0 aromatic rings. The second kappa shape index (κ2) is 3.27. The van der Waals surface area contributed by atoms with Crippen LogP contribution < -0.4 is 5.73 Å². The Morgan fingerprint density at radius 2 is 2.23 bits per heavy atom. The molecule has 2 rings (SSSR count). The van der Waals surface area contributed by atoms with Gasteiger partial charge < -0.3 is 10.6 Å². The van der Waals surface area contributed by atoms with E-state index >= 15 is 0 Å². The van der Waals surface area contributed by atoms with Crippen molar-refractivity contribution in [3.8, 4) is 0 Å². The Balaban J connectivity index is 2.00. The van der Waals surface area contributed by atoms with E-state index in [9.17, 15) is 4.79 Å². The first-order chi connectivity index (χ1) is 6.22. The molecule has 1 amide bonds. The molecule has 1 atom stereocenters. The van der Waals surface area contributed by atoms with E-state index < -0.39 is 0 Å². The molecule has 1 unspecified atom stereocenters. The summed E-state index contributed by atoms with van der Waals surface area (Å²) in [7, 11) is 1.85. The average molecular weight is 183 g/mol. The number of nitrogens with zero attached hydrogens (tertiary/aromatic N) is 2. The van der Waals surface area contributed by atoms with Crippen molar-refractivity contribution in [2.45, 2.75) is 24.9 Å². The van der Waals surface area contributed by atoms with E-state index in [1.54, 1.807) is 4.90 Å². The fourth-order valence-corrected chi connectivity index (χ4v) is 1.90. The molecule has 0 bridgehead atoms. The zero-order valence-electron chi connectivity index (χ0n) is 8.07. The molecule has 4 nitrogen and oxygen atoms in total. The van der Waals surface area contributed by atoms with Crippen LogP contribution >= 0.6 is 0 Å². The van der Waals surface area contributed by atoms with Crippen LogP contribution in [0.2, 0.25) is 0 Å². The summed E-state index contributed by atoms with van der Waals surface area (Å²) in [6.07, 6.45) is 2.52. The molecule has 1 heterocycles. The predicted octanol–water partition coefficient (Wildman–Crippen LogP) is -0.750. The Kier molecular flexibility index (Phi) is 2.26. The van der Waals surface area contributed by atoms with Gasteiger partial charge in [-0.05, 0) is 12.8 Å². The number of piperazine rings is 1. The molecule has 1 saturated carbocycles. The highest BCUT2D eigenvalue weighted by Crippen LogP contribution is 2.28. The number of carbonyl (C=O) groups is 1. The second-order valence-electron chi connectivity index (χ2n) is 4.05. The first-order valence-electron chi connectivity index (χ1n) is 4.92. The van der Waals surface area contributed by atoms with Gasteiger partial charge in [-0.25, -0.2) is 0 Å². The van der Waals surface area contributed by atoms with Crippen LogP contribution in [0.25, 0.3) is 0 Å². The van der Waals surface area contributed by atoms with E-state index in [2.05, 4.69) is 4.90 Å². The van der Waals surface area contributed by atoms with Crippen LogP contribution in [0.3, 0.4) is 0 Å². The minimum atomic E-state index is 0.216. The number of likely N-dealkylation sites (N-methyl/N-ethyl adjacent to an activating group) is 1. The lowest BCUT2D eigenvalue weighted by molar-refractivity contribution is -0.137. The normalized spacial score (nSPS) is 31.1. The molecule has 0 spiro atoms. The van der Waals surface area contributed by atoms with Crippen molar-refractivity contribution in [3.63, 3.8) is 0 Å². The van der Waals surface area contributed by atoms with Gasteiger partial charge in [0, 0.05) is 26.2 Å². The van der Waals surface area contributed by atoms with E-state index in [0.717, 1.165) is 6.54 Å². The molecule has 0 aromatic carbocycles. The highest BCUT2D eigenvalue weighted by atomic mass is 16.2. The molecule has 13 heavy (non-hydrogen) atoms. The molecule has 1 saturated heterocycles. The predicted molar refractivity (Wildman–Crippen MR) is 50.2 cm³/mol. The zero-order chi connectivity index (χ0) is 9.42. The molecule has 74 valence electrons. The number of carbonyl (C=O) groups excluding carboxylic acids is 1. The third-order valence-electron chi connectivity index (χ3n) is 3.06. The minimum absolute atomic E-state index is 0.216. The van der Waals surface area contributed by atoms with Crippen LogP contribution in [-0.2, 0) is 4.79 Å². The SMILES string of the molecule is CN1C(=O)CN(C2CC2)CC1CN. The van der Waals surface area contributed by atoms with Gasteiger partial charge in [-0.15, -0.1) is 0 Å². The Bertz CT molecular complexity index is 215. The van der Waals surface area contributed by atoms with Crippen LogP contribution in [0.15, 0.2) is 0 Å². The number of hydrogen-bond acceptors (Lipinski definition) is 3. The van der Waals surface area contributed by atoms with Gasteiger partial charge in [0.1, 0.15) is 0 Å². The van der Waals surface area contributed by atoms with Gasteiger partial charge in [-0.1, -0.05) is 0 Å². The summed E-state index contributed by atoms with van der Waals surface area (Å²) in [6, 6.07) is 0.897. The van der Waals surface area contributed by atoms with Crippen LogP contribution in [0.4, 0.5) is 0 Å². The lowest BCUT2D eigenvalue weighted by Gasteiger charge is -2.38. The highest BCUT2D eigenvalue weighted by molar-refractivity contribution is 5.79. The maximum absolute atomic E-state index is 11.5. The van der Waals surface area contributed by atoms with E-state index in [1.807, 2.05) is 7.05 Å². The van der Waals surface area contributed by atoms with E-state index in [4.69, 9.17) is 5.73 Å². The highest BCUT2D eigenvalue weighted by Gasteiger charge is 2.37. The van der Waals surface area contributed by atoms with Crippen molar-refractivity contribution >= 4 is 5.91 Å². The molecule has 4 heteroatoms. The summed E-state index contributed by atoms with van der Waals surface area (Å²) < 4.78 is 0. The summed E-state index contributed by atoms with van der Waals surface area (Å²) in [6.45, 7) is 2.13. The monoisotopic (exact) mass is 183 g/mol. The van der Waals surface area contributed by atoms with Gasteiger partial charge in [-0.2, -0.15) is 0 Å². The van der Waals surface area contributed by atoms with Gasteiger partial charge in [0.05, 0.1) is 12.6 Å². The Morgan fingerprint density at radius 1 is 1.54 bits per heavy atom.